The third kappa shape index (κ3) is 3.00. The first-order valence-electron chi connectivity index (χ1n) is 3.65. The molecule has 0 bridgehead atoms. The number of rotatable bonds is 4. The summed E-state index contributed by atoms with van der Waals surface area (Å²) in [5, 5.41) is 3.11. The monoisotopic (exact) mass is 227 g/mol. The maximum atomic E-state index is 4.10. The van der Waals surface area contributed by atoms with Crippen LogP contribution in [0.1, 0.15) is 6.42 Å². The van der Waals surface area contributed by atoms with E-state index in [-0.39, 0.29) is 0 Å². The van der Waals surface area contributed by atoms with E-state index < -0.39 is 0 Å². The maximum absolute atomic E-state index is 4.10. The van der Waals surface area contributed by atoms with Crippen molar-refractivity contribution in [3.8, 4) is 0 Å². The van der Waals surface area contributed by atoms with Crippen LogP contribution in [0.25, 0.3) is 0 Å². The van der Waals surface area contributed by atoms with Crippen molar-refractivity contribution in [1.82, 2.24) is 9.97 Å². The van der Waals surface area contributed by atoms with Gasteiger partial charge in [-0.3, -0.25) is 0 Å². The number of nitrogens with one attached hydrogen (secondary N) is 1. The number of nitrogens with zero attached hydrogens (tertiary/aromatic N) is 2. The molecule has 12 heavy (non-hydrogen) atoms. The van der Waals surface area contributed by atoms with Gasteiger partial charge in [-0.05, 0) is 22.4 Å². The fourth-order valence-corrected chi connectivity index (χ4v) is 0.911. The van der Waals surface area contributed by atoms with Crippen LogP contribution in [0, 0.1) is 0 Å². The minimum atomic E-state index is 0.747. The Bertz CT molecular complexity index is 245. The normalized spacial score (nSPS) is 9.42. The Labute approximate surface area is 80.1 Å². The molecule has 0 aliphatic rings. The van der Waals surface area contributed by atoms with Crippen LogP contribution in [0.3, 0.4) is 0 Å². The molecule has 0 fully saturated rings. The van der Waals surface area contributed by atoms with Gasteiger partial charge >= 0.3 is 0 Å². The molecule has 1 heterocycles. The average molecular weight is 228 g/mol. The predicted octanol–water partition coefficient (Wildman–Crippen LogP) is 2.23. The van der Waals surface area contributed by atoms with Crippen molar-refractivity contribution < 1.29 is 0 Å². The number of anilines is 1. The molecule has 0 saturated heterocycles. The Kier molecular flexibility index (Phi) is 3.73. The molecule has 1 rings (SSSR count). The molecular weight excluding hydrogens is 218 g/mol. The quantitative estimate of drug-likeness (QED) is 0.634. The van der Waals surface area contributed by atoms with Crippen molar-refractivity contribution in [2.75, 3.05) is 11.9 Å². The molecule has 0 aromatic carbocycles. The average Bonchev–Trinajstić information content (AvgIpc) is 2.09. The summed E-state index contributed by atoms with van der Waals surface area (Å²) in [7, 11) is 0. The predicted molar refractivity (Wildman–Crippen MR) is 53.0 cm³/mol. The molecule has 0 unspecified atom stereocenters. The van der Waals surface area contributed by atoms with Crippen LogP contribution in [0.15, 0.2) is 29.7 Å². The van der Waals surface area contributed by atoms with Crippen LogP contribution in [0.2, 0.25) is 0 Å². The van der Waals surface area contributed by atoms with Crippen molar-refractivity contribution >= 4 is 21.7 Å². The van der Waals surface area contributed by atoms with E-state index in [9.17, 15) is 0 Å². The smallest absolute Gasteiger partial charge is 0.144 e. The van der Waals surface area contributed by atoms with Crippen molar-refractivity contribution in [2.45, 2.75) is 6.42 Å². The summed E-state index contributed by atoms with van der Waals surface area (Å²) in [5.41, 5.74) is 0. The molecule has 0 atom stereocenters. The maximum Gasteiger partial charge on any atom is 0.144 e. The molecule has 1 N–H and O–H groups in total. The van der Waals surface area contributed by atoms with E-state index in [0.717, 1.165) is 23.4 Å². The van der Waals surface area contributed by atoms with Gasteiger partial charge < -0.3 is 5.32 Å². The van der Waals surface area contributed by atoms with Crippen molar-refractivity contribution in [1.29, 1.82) is 0 Å². The van der Waals surface area contributed by atoms with Crippen LogP contribution in [0.4, 0.5) is 5.82 Å². The van der Waals surface area contributed by atoms with E-state index in [1.54, 1.807) is 12.4 Å². The topological polar surface area (TPSA) is 37.8 Å². The lowest BCUT2D eigenvalue weighted by Crippen LogP contribution is -2.02. The van der Waals surface area contributed by atoms with E-state index in [1.807, 2.05) is 6.08 Å². The second-order valence-electron chi connectivity index (χ2n) is 2.23. The lowest BCUT2D eigenvalue weighted by atomic mass is 10.4. The first-order valence-corrected chi connectivity index (χ1v) is 4.44. The Balaban J connectivity index is 2.42. The Hall–Kier alpha value is -0.900. The minimum Gasteiger partial charge on any atom is -0.368 e. The zero-order chi connectivity index (χ0) is 8.81. The van der Waals surface area contributed by atoms with Crippen LogP contribution < -0.4 is 5.32 Å². The third-order valence-corrected chi connectivity index (χ3v) is 1.68. The van der Waals surface area contributed by atoms with Gasteiger partial charge in [0.25, 0.3) is 0 Å². The summed E-state index contributed by atoms with van der Waals surface area (Å²) < 4.78 is 0.747. The van der Waals surface area contributed by atoms with Crippen molar-refractivity contribution in [3.05, 3.63) is 29.7 Å². The van der Waals surface area contributed by atoms with E-state index in [4.69, 9.17) is 0 Å². The van der Waals surface area contributed by atoms with Gasteiger partial charge in [0.05, 0.1) is 12.4 Å². The van der Waals surface area contributed by atoms with Gasteiger partial charge in [-0.15, -0.1) is 6.58 Å². The highest BCUT2D eigenvalue weighted by molar-refractivity contribution is 9.10. The second kappa shape index (κ2) is 4.87. The van der Waals surface area contributed by atoms with Gasteiger partial charge in [-0.2, -0.15) is 0 Å². The zero-order valence-electron chi connectivity index (χ0n) is 6.63. The molecule has 0 aliphatic heterocycles. The molecule has 64 valence electrons. The number of halogens is 1. The highest BCUT2D eigenvalue weighted by atomic mass is 79.9. The molecule has 0 saturated carbocycles. The molecule has 1 aromatic heterocycles. The summed E-state index contributed by atoms with van der Waals surface area (Å²) in [6.45, 7) is 4.47. The lowest BCUT2D eigenvalue weighted by Gasteiger charge is -2.01. The van der Waals surface area contributed by atoms with Gasteiger partial charge in [0.15, 0.2) is 0 Å². The van der Waals surface area contributed by atoms with Gasteiger partial charge in [0.2, 0.25) is 0 Å². The molecule has 0 amide bonds. The molecule has 3 nitrogen and oxygen atoms in total. The van der Waals surface area contributed by atoms with Crippen LogP contribution >= 0.6 is 15.9 Å². The summed E-state index contributed by atoms with van der Waals surface area (Å²) in [4.78, 5) is 8.12. The van der Waals surface area contributed by atoms with Gasteiger partial charge in [0, 0.05) is 6.54 Å². The Morgan fingerprint density at radius 2 is 2.33 bits per heavy atom. The zero-order valence-corrected chi connectivity index (χ0v) is 8.21. The number of hydrogen-bond acceptors (Lipinski definition) is 3. The minimum absolute atomic E-state index is 0.747. The number of aromatic nitrogens is 2. The van der Waals surface area contributed by atoms with Gasteiger partial charge in [0.1, 0.15) is 10.4 Å². The summed E-state index contributed by atoms with van der Waals surface area (Å²) in [6, 6.07) is 0. The largest absolute Gasteiger partial charge is 0.368 e. The third-order valence-electron chi connectivity index (χ3n) is 1.27. The van der Waals surface area contributed by atoms with Crippen molar-refractivity contribution in [3.63, 3.8) is 0 Å². The van der Waals surface area contributed by atoms with Gasteiger partial charge in [-0.25, -0.2) is 9.97 Å². The standard InChI is InChI=1S/C8H10BrN3/c1-2-3-4-10-8-6-11-7(9)5-12-8/h2,5-6H,1,3-4H2,(H,10,12). The summed E-state index contributed by atoms with van der Waals surface area (Å²) >= 11 is 3.21. The molecule has 4 heteroatoms. The molecule has 0 aliphatic carbocycles. The highest BCUT2D eigenvalue weighted by Gasteiger charge is 1.91. The molecule has 1 aromatic rings. The molecule has 0 radical (unpaired) electrons. The van der Waals surface area contributed by atoms with Crippen LogP contribution in [-0.2, 0) is 0 Å². The SMILES string of the molecule is C=CCCNc1cnc(Br)cn1. The second-order valence-corrected chi connectivity index (χ2v) is 3.04. The lowest BCUT2D eigenvalue weighted by molar-refractivity contribution is 1.03. The summed E-state index contributed by atoms with van der Waals surface area (Å²) in [6.07, 6.45) is 6.14. The van der Waals surface area contributed by atoms with E-state index in [2.05, 4.69) is 37.8 Å². The molecule has 0 spiro atoms. The Morgan fingerprint density at radius 3 is 2.92 bits per heavy atom. The fourth-order valence-electron chi connectivity index (χ4n) is 0.706. The van der Waals surface area contributed by atoms with E-state index in [0.29, 0.717) is 0 Å². The first-order chi connectivity index (χ1) is 5.83. The first kappa shape index (κ1) is 9.19. The van der Waals surface area contributed by atoms with Gasteiger partial charge in [-0.1, -0.05) is 6.08 Å². The fraction of sp³-hybridized carbons (Fsp3) is 0.250. The summed E-state index contributed by atoms with van der Waals surface area (Å²) in [5.74, 6) is 0.792. The van der Waals surface area contributed by atoms with E-state index >= 15 is 0 Å². The van der Waals surface area contributed by atoms with E-state index in [1.165, 1.54) is 0 Å². The highest BCUT2D eigenvalue weighted by Crippen LogP contribution is 2.05. The Morgan fingerprint density at radius 1 is 1.50 bits per heavy atom. The van der Waals surface area contributed by atoms with Crippen molar-refractivity contribution in [2.24, 2.45) is 0 Å². The van der Waals surface area contributed by atoms with Crippen LogP contribution in [0.5, 0.6) is 0 Å². The molecular formula is C8H10BrN3. The number of hydrogen-bond donors (Lipinski definition) is 1. The van der Waals surface area contributed by atoms with Crippen LogP contribution in [-0.4, -0.2) is 16.5 Å².